The van der Waals surface area contributed by atoms with E-state index >= 15 is 0 Å². The Bertz CT molecular complexity index is 1310. The van der Waals surface area contributed by atoms with Gasteiger partial charge < -0.3 is 25.0 Å². The standard InChI is InChI=1S/C30H29N3O4/c1-33(26-13-4-2-5-14-26)30(35)23-10-8-11-24(20-23)31-22-29(34)32-25-12-9-17-28(21-25)37-19-18-36-27-15-6-3-7-16-27/h2-17,20-21,31H,18-19,22H2,1H3,(H,32,34). The van der Waals surface area contributed by atoms with Crippen LogP contribution in [-0.2, 0) is 4.79 Å². The van der Waals surface area contributed by atoms with Gasteiger partial charge in [0.1, 0.15) is 24.7 Å². The molecule has 0 aliphatic heterocycles. The Morgan fingerprint density at radius 3 is 2.08 bits per heavy atom. The number of hydrogen-bond donors (Lipinski definition) is 2. The van der Waals surface area contributed by atoms with Crippen molar-refractivity contribution in [2.24, 2.45) is 0 Å². The maximum atomic E-state index is 12.9. The van der Waals surface area contributed by atoms with Crippen LogP contribution in [0, 0.1) is 0 Å². The molecular formula is C30H29N3O4. The first-order valence-corrected chi connectivity index (χ1v) is 12.0. The molecule has 0 heterocycles. The highest BCUT2D eigenvalue weighted by atomic mass is 16.5. The van der Waals surface area contributed by atoms with E-state index in [2.05, 4.69) is 10.6 Å². The lowest BCUT2D eigenvalue weighted by atomic mass is 10.1. The summed E-state index contributed by atoms with van der Waals surface area (Å²) in [5, 5.41) is 5.94. The van der Waals surface area contributed by atoms with Crippen molar-refractivity contribution in [3.63, 3.8) is 0 Å². The lowest BCUT2D eigenvalue weighted by Gasteiger charge is -2.18. The summed E-state index contributed by atoms with van der Waals surface area (Å²) in [7, 11) is 1.74. The normalized spacial score (nSPS) is 10.3. The molecular weight excluding hydrogens is 466 g/mol. The van der Waals surface area contributed by atoms with Crippen molar-refractivity contribution >= 4 is 28.9 Å². The predicted octanol–water partition coefficient (Wildman–Crippen LogP) is 5.47. The van der Waals surface area contributed by atoms with Gasteiger partial charge in [-0.1, -0.05) is 48.5 Å². The molecule has 0 fully saturated rings. The number of ether oxygens (including phenoxy) is 2. The van der Waals surface area contributed by atoms with Crippen molar-refractivity contribution in [3.05, 3.63) is 115 Å². The second-order valence-electron chi connectivity index (χ2n) is 8.22. The van der Waals surface area contributed by atoms with E-state index in [9.17, 15) is 9.59 Å². The van der Waals surface area contributed by atoms with Crippen LogP contribution < -0.4 is 25.0 Å². The summed E-state index contributed by atoms with van der Waals surface area (Å²) in [5.41, 5.74) is 2.64. The second-order valence-corrected chi connectivity index (χ2v) is 8.22. The van der Waals surface area contributed by atoms with Gasteiger partial charge in [-0.25, -0.2) is 0 Å². The van der Waals surface area contributed by atoms with E-state index in [-0.39, 0.29) is 18.4 Å². The fourth-order valence-corrected chi connectivity index (χ4v) is 3.61. The van der Waals surface area contributed by atoms with E-state index in [1.807, 2.05) is 78.9 Å². The van der Waals surface area contributed by atoms with Crippen molar-refractivity contribution in [2.75, 3.05) is 42.3 Å². The minimum absolute atomic E-state index is 0.0438. The van der Waals surface area contributed by atoms with E-state index < -0.39 is 0 Å². The van der Waals surface area contributed by atoms with Crippen LogP contribution in [0.3, 0.4) is 0 Å². The van der Waals surface area contributed by atoms with E-state index in [4.69, 9.17) is 9.47 Å². The van der Waals surface area contributed by atoms with Gasteiger partial charge in [0.05, 0.1) is 6.54 Å². The Balaban J connectivity index is 1.25. The molecule has 2 amide bonds. The van der Waals surface area contributed by atoms with Gasteiger partial charge in [0.15, 0.2) is 0 Å². The van der Waals surface area contributed by atoms with Crippen LogP contribution in [0.1, 0.15) is 10.4 Å². The lowest BCUT2D eigenvalue weighted by molar-refractivity contribution is -0.114. The third-order valence-electron chi connectivity index (χ3n) is 5.49. The molecule has 2 N–H and O–H groups in total. The maximum absolute atomic E-state index is 12.9. The molecule has 37 heavy (non-hydrogen) atoms. The largest absolute Gasteiger partial charge is 0.490 e. The molecule has 4 aromatic carbocycles. The predicted molar refractivity (Wildman–Crippen MR) is 147 cm³/mol. The lowest BCUT2D eigenvalue weighted by Crippen LogP contribution is -2.26. The van der Waals surface area contributed by atoms with Crippen LogP contribution in [0.25, 0.3) is 0 Å². The fourth-order valence-electron chi connectivity index (χ4n) is 3.61. The summed E-state index contributed by atoms with van der Waals surface area (Å²) in [6, 6.07) is 33.3. The minimum Gasteiger partial charge on any atom is -0.490 e. The number of nitrogens with one attached hydrogen (secondary N) is 2. The average Bonchev–Trinajstić information content (AvgIpc) is 2.95. The van der Waals surface area contributed by atoms with Gasteiger partial charge in [0.25, 0.3) is 5.91 Å². The van der Waals surface area contributed by atoms with Gasteiger partial charge in [-0.15, -0.1) is 0 Å². The Morgan fingerprint density at radius 1 is 0.703 bits per heavy atom. The zero-order valence-corrected chi connectivity index (χ0v) is 20.6. The number of hydrogen-bond acceptors (Lipinski definition) is 5. The van der Waals surface area contributed by atoms with Crippen molar-refractivity contribution < 1.29 is 19.1 Å². The Labute approximate surface area is 216 Å². The molecule has 4 aromatic rings. The number of nitrogens with zero attached hydrogens (tertiary/aromatic N) is 1. The van der Waals surface area contributed by atoms with Crippen LogP contribution in [0.2, 0.25) is 0 Å². The molecule has 0 aliphatic rings. The molecule has 0 atom stereocenters. The molecule has 188 valence electrons. The smallest absolute Gasteiger partial charge is 0.258 e. The highest BCUT2D eigenvalue weighted by molar-refractivity contribution is 6.06. The molecule has 0 spiro atoms. The summed E-state index contributed by atoms with van der Waals surface area (Å²) in [5.74, 6) is 1.07. The second kappa shape index (κ2) is 12.8. The number of anilines is 3. The number of amides is 2. The molecule has 0 aliphatic carbocycles. The van der Waals surface area contributed by atoms with E-state index in [0.717, 1.165) is 11.4 Å². The van der Waals surface area contributed by atoms with E-state index in [0.29, 0.717) is 35.9 Å². The van der Waals surface area contributed by atoms with Gasteiger partial charge in [0, 0.05) is 35.7 Å². The monoisotopic (exact) mass is 495 g/mol. The molecule has 0 bridgehead atoms. The SMILES string of the molecule is CN(C(=O)c1cccc(NCC(=O)Nc2cccc(OCCOc3ccccc3)c2)c1)c1ccccc1. The molecule has 4 rings (SSSR count). The zero-order chi connectivity index (χ0) is 25.9. The zero-order valence-electron chi connectivity index (χ0n) is 20.6. The molecule has 0 unspecified atom stereocenters. The minimum atomic E-state index is -0.220. The molecule has 0 aromatic heterocycles. The van der Waals surface area contributed by atoms with Crippen LogP contribution >= 0.6 is 0 Å². The van der Waals surface area contributed by atoms with Crippen LogP contribution in [-0.4, -0.2) is 38.6 Å². The average molecular weight is 496 g/mol. The topological polar surface area (TPSA) is 79.9 Å². The van der Waals surface area contributed by atoms with E-state index in [1.165, 1.54) is 0 Å². The number of carbonyl (C=O) groups is 2. The first-order chi connectivity index (χ1) is 18.1. The summed E-state index contributed by atoms with van der Waals surface area (Å²) in [6.45, 7) is 0.831. The van der Waals surface area contributed by atoms with Gasteiger partial charge in [-0.05, 0) is 54.6 Å². The molecule has 0 radical (unpaired) electrons. The summed E-state index contributed by atoms with van der Waals surface area (Å²) in [6.07, 6.45) is 0. The van der Waals surface area contributed by atoms with Crippen LogP contribution in [0.4, 0.5) is 17.1 Å². The first kappa shape index (κ1) is 25.3. The number of benzene rings is 4. The van der Waals surface area contributed by atoms with Gasteiger partial charge in [0.2, 0.25) is 5.91 Å². The number of carbonyl (C=O) groups excluding carboxylic acids is 2. The maximum Gasteiger partial charge on any atom is 0.258 e. The first-order valence-electron chi connectivity index (χ1n) is 12.0. The summed E-state index contributed by atoms with van der Waals surface area (Å²) >= 11 is 0. The fraction of sp³-hybridized carbons (Fsp3) is 0.133. The molecule has 0 saturated heterocycles. The van der Waals surface area contributed by atoms with Crippen molar-refractivity contribution in [3.8, 4) is 11.5 Å². The van der Waals surface area contributed by atoms with Gasteiger partial charge in [-0.3, -0.25) is 9.59 Å². The number of para-hydroxylation sites is 2. The Hall–Kier alpha value is -4.78. The summed E-state index contributed by atoms with van der Waals surface area (Å²) in [4.78, 5) is 27.0. The highest BCUT2D eigenvalue weighted by Crippen LogP contribution is 2.19. The molecule has 7 heteroatoms. The molecule has 0 saturated carbocycles. The van der Waals surface area contributed by atoms with Crippen LogP contribution in [0.5, 0.6) is 11.5 Å². The highest BCUT2D eigenvalue weighted by Gasteiger charge is 2.14. The van der Waals surface area contributed by atoms with Crippen molar-refractivity contribution in [1.29, 1.82) is 0 Å². The summed E-state index contributed by atoms with van der Waals surface area (Å²) < 4.78 is 11.4. The van der Waals surface area contributed by atoms with E-state index in [1.54, 1.807) is 42.3 Å². The third kappa shape index (κ3) is 7.60. The van der Waals surface area contributed by atoms with Crippen molar-refractivity contribution in [1.82, 2.24) is 0 Å². The van der Waals surface area contributed by atoms with Crippen LogP contribution in [0.15, 0.2) is 109 Å². The number of rotatable bonds is 11. The van der Waals surface area contributed by atoms with Gasteiger partial charge >= 0.3 is 0 Å². The molecule has 7 nitrogen and oxygen atoms in total. The Kier molecular flexibility index (Phi) is 8.75. The third-order valence-corrected chi connectivity index (χ3v) is 5.49. The Morgan fingerprint density at radius 2 is 1.32 bits per heavy atom. The van der Waals surface area contributed by atoms with Gasteiger partial charge in [-0.2, -0.15) is 0 Å². The quantitative estimate of drug-likeness (QED) is 0.270. The van der Waals surface area contributed by atoms with Crippen molar-refractivity contribution in [2.45, 2.75) is 0 Å².